The minimum atomic E-state index is -0.198. The zero-order valence-electron chi connectivity index (χ0n) is 11.5. The topological polar surface area (TPSA) is 26.3 Å². The Kier molecular flexibility index (Phi) is 5.13. The van der Waals surface area contributed by atoms with E-state index >= 15 is 0 Å². The maximum atomic E-state index is 11.6. The van der Waals surface area contributed by atoms with E-state index in [4.69, 9.17) is 4.74 Å². The molecule has 0 radical (unpaired) electrons. The molecule has 0 heterocycles. The van der Waals surface area contributed by atoms with Gasteiger partial charge in [-0.1, -0.05) is 72.8 Å². The molecule has 2 aromatic carbocycles. The molecule has 1 atom stereocenters. The second-order valence-corrected chi connectivity index (χ2v) is 4.57. The highest BCUT2D eigenvalue weighted by atomic mass is 16.5. The predicted molar refractivity (Wildman–Crippen MR) is 81.3 cm³/mol. The lowest BCUT2D eigenvalue weighted by molar-refractivity contribution is -0.140. The van der Waals surface area contributed by atoms with E-state index in [1.807, 2.05) is 66.7 Å². The molecule has 0 bridgehead atoms. The summed E-state index contributed by atoms with van der Waals surface area (Å²) in [7, 11) is 1.42. The van der Waals surface area contributed by atoms with Gasteiger partial charge in [0.05, 0.1) is 13.5 Å². The molecule has 0 saturated carbocycles. The highest BCUT2D eigenvalue weighted by Gasteiger charge is 2.13. The summed E-state index contributed by atoms with van der Waals surface area (Å²) in [4.78, 5) is 11.6. The van der Waals surface area contributed by atoms with Gasteiger partial charge in [0, 0.05) is 5.92 Å². The van der Waals surface area contributed by atoms with Crippen LogP contribution in [0.15, 0.2) is 66.7 Å². The van der Waals surface area contributed by atoms with E-state index in [0.29, 0.717) is 6.42 Å². The Bertz CT molecular complexity index is 558. The van der Waals surface area contributed by atoms with Gasteiger partial charge in [-0.05, 0) is 11.1 Å². The molecule has 0 amide bonds. The lowest BCUT2D eigenvalue weighted by Crippen LogP contribution is -2.06. The summed E-state index contributed by atoms with van der Waals surface area (Å²) in [5.41, 5.74) is 2.24. The van der Waals surface area contributed by atoms with Crippen LogP contribution in [0.5, 0.6) is 0 Å². The van der Waals surface area contributed by atoms with Gasteiger partial charge in [-0.25, -0.2) is 0 Å². The number of benzene rings is 2. The van der Waals surface area contributed by atoms with Crippen LogP contribution in [-0.2, 0) is 9.53 Å². The van der Waals surface area contributed by atoms with Crippen molar-refractivity contribution in [1.29, 1.82) is 0 Å². The van der Waals surface area contributed by atoms with Crippen LogP contribution in [0, 0.1) is 0 Å². The van der Waals surface area contributed by atoms with Crippen LogP contribution in [0.3, 0.4) is 0 Å². The van der Waals surface area contributed by atoms with E-state index in [0.717, 1.165) is 11.1 Å². The standard InChI is InChI=1S/C18H18O2/c1-20-18(19)14-17(16-10-6-3-7-11-16)13-12-15-8-4-2-5-9-15/h2-13,17H,14H2,1H3/b13-12+/t17-/m1/s1. The van der Waals surface area contributed by atoms with E-state index in [-0.39, 0.29) is 11.9 Å². The van der Waals surface area contributed by atoms with Gasteiger partial charge in [-0.15, -0.1) is 0 Å². The first-order chi connectivity index (χ1) is 9.79. The molecular formula is C18H18O2. The number of hydrogen-bond donors (Lipinski definition) is 0. The highest BCUT2D eigenvalue weighted by molar-refractivity contribution is 5.71. The van der Waals surface area contributed by atoms with Crippen molar-refractivity contribution < 1.29 is 9.53 Å². The lowest BCUT2D eigenvalue weighted by Gasteiger charge is -2.11. The first-order valence-electron chi connectivity index (χ1n) is 6.64. The molecule has 0 saturated heterocycles. The maximum absolute atomic E-state index is 11.6. The fraction of sp³-hybridized carbons (Fsp3) is 0.167. The first-order valence-corrected chi connectivity index (χ1v) is 6.64. The summed E-state index contributed by atoms with van der Waals surface area (Å²) in [6.45, 7) is 0. The number of hydrogen-bond acceptors (Lipinski definition) is 2. The average Bonchev–Trinajstić information content (AvgIpc) is 2.53. The Morgan fingerprint density at radius 1 is 1.05 bits per heavy atom. The van der Waals surface area contributed by atoms with Gasteiger partial charge in [-0.2, -0.15) is 0 Å². The van der Waals surface area contributed by atoms with Crippen molar-refractivity contribution in [1.82, 2.24) is 0 Å². The SMILES string of the molecule is COC(=O)C[C@@H](/C=C/c1ccccc1)c1ccccc1. The fourth-order valence-corrected chi connectivity index (χ4v) is 2.05. The Morgan fingerprint density at radius 2 is 1.65 bits per heavy atom. The molecule has 0 aliphatic rings. The molecule has 20 heavy (non-hydrogen) atoms. The number of methoxy groups -OCH3 is 1. The van der Waals surface area contributed by atoms with Crippen LogP contribution in [0.2, 0.25) is 0 Å². The number of carbonyl (C=O) groups is 1. The summed E-state index contributed by atoms with van der Waals surface area (Å²) in [6.07, 6.45) is 4.45. The van der Waals surface area contributed by atoms with Gasteiger partial charge in [0.2, 0.25) is 0 Å². The molecule has 0 fully saturated rings. The average molecular weight is 266 g/mol. The normalized spacial score (nSPS) is 12.2. The molecule has 0 unspecified atom stereocenters. The smallest absolute Gasteiger partial charge is 0.306 e. The molecular weight excluding hydrogens is 248 g/mol. The summed E-state index contributed by atoms with van der Waals surface area (Å²) >= 11 is 0. The third-order valence-electron chi connectivity index (χ3n) is 3.16. The second-order valence-electron chi connectivity index (χ2n) is 4.57. The summed E-state index contributed by atoms with van der Waals surface area (Å²) in [5.74, 6) is -0.166. The van der Waals surface area contributed by atoms with Crippen molar-refractivity contribution in [2.75, 3.05) is 7.11 Å². The molecule has 2 rings (SSSR count). The Morgan fingerprint density at radius 3 is 2.25 bits per heavy atom. The van der Waals surface area contributed by atoms with Gasteiger partial charge in [0.1, 0.15) is 0 Å². The molecule has 0 N–H and O–H groups in total. The molecule has 2 nitrogen and oxygen atoms in total. The number of carbonyl (C=O) groups excluding carboxylic acids is 1. The zero-order chi connectivity index (χ0) is 14.2. The highest BCUT2D eigenvalue weighted by Crippen LogP contribution is 2.22. The Hall–Kier alpha value is -2.35. The van der Waals surface area contributed by atoms with Crippen LogP contribution >= 0.6 is 0 Å². The number of ether oxygens (including phenoxy) is 1. The van der Waals surface area contributed by atoms with E-state index in [9.17, 15) is 4.79 Å². The summed E-state index contributed by atoms with van der Waals surface area (Å²) < 4.78 is 4.78. The van der Waals surface area contributed by atoms with Gasteiger partial charge < -0.3 is 4.74 Å². The maximum Gasteiger partial charge on any atom is 0.306 e. The van der Waals surface area contributed by atoms with E-state index < -0.39 is 0 Å². The largest absolute Gasteiger partial charge is 0.469 e. The molecule has 0 aromatic heterocycles. The first kappa shape index (κ1) is 14.1. The van der Waals surface area contributed by atoms with Gasteiger partial charge >= 0.3 is 5.97 Å². The molecule has 2 aromatic rings. The van der Waals surface area contributed by atoms with Crippen molar-refractivity contribution >= 4 is 12.0 Å². The fourth-order valence-electron chi connectivity index (χ4n) is 2.05. The van der Waals surface area contributed by atoms with Crippen molar-refractivity contribution in [3.8, 4) is 0 Å². The number of esters is 1. The van der Waals surface area contributed by atoms with Crippen LogP contribution in [0.1, 0.15) is 23.5 Å². The van der Waals surface area contributed by atoms with Crippen LogP contribution in [0.4, 0.5) is 0 Å². The molecule has 2 heteroatoms. The Labute approximate surface area is 119 Å². The van der Waals surface area contributed by atoms with E-state index in [2.05, 4.69) is 6.08 Å². The zero-order valence-corrected chi connectivity index (χ0v) is 11.5. The van der Waals surface area contributed by atoms with Crippen LogP contribution < -0.4 is 0 Å². The van der Waals surface area contributed by atoms with Gasteiger partial charge in [0.15, 0.2) is 0 Å². The van der Waals surface area contributed by atoms with E-state index in [1.165, 1.54) is 7.11 Å². The second kappa shape index (κ2) is 7.29. The van der Waals surface area contributed by atoms with Crippen LogP contribution in [-0.4, -0.2) is 13.1 Å². The lowest BCUT2D eigenvalue weighted by atomic mass is 9.94. The predicted octanol–water partition coefficient (Wildman–Crippen LogP) is 4.05. The van der Waals surface area contributed by atoms with Crippen molar-refractivity contribution in [2.24, 2.45) is 0 Å². The minimum Gasteiger partial charge on any atom is -0.469 e. The minimum absolute atomic E-state index is 0.0313. The molecule has 0 spiro atoms. The van der Waals surface area contributed by atoms with Crippen LogP contribution in [0.25, 0.3) is 6.08 Å². The van der Waals surface area contributed by atoms with E-state index in [1.54, 1.807) is 0 Å². The third kappa shape index (κ3) is 4.09. The summed E-state index contributed by atoms with van der Waals surface area (Å²) in [6, 6.07) is 20.1. The van der Waals surface area contributed by atoms with Gasteiger partial charge in [0.25, 0.3) is 0 Å². The van der Waals surface area contributed by atoms with Crippen molar-refractivity contribution in [2.45, 2.75) is 12.3 Å². The molecule has 0 aliphatic carbocycles. The molecule has 102 valence electrons. The van der Waals surface area contributed by atoms with Crippen molar-refractivity contribution in [3.05, 3.63) is 77.9 Å². The van der Waals surface area contributed by atoms with Gasteiger partial charge in [-0.3, -0.25) is 4.79 Å². The van der Waals surface area contributed by atoms with Crippen molar-refractivity contribution in [3.63, 3.8) is 0 Å². The Balaban J connectivity index is 2.19. The quantitative estimate of drug-likeness (QED) is 0.763. The summed E-state index contributed by atoms with van der Waals surface area (Å²) in [5, 5.41) is 0. The number of allylic oxidation sites excluding steroid dienone is 1. The number of rotatable bonds is 5. The third-order valence-corrected chi connectivity index (χ3v) is 3.16. The monoisotopic (exact) mass is 266 g/mol. The molecule has 0 aliphatic heterocycles.